The molecule has 3 nitrogen and oxygen atoms in total. The molecule has 1 aromatic carbocycles. The highest BCUT2D eigenvalue weighted by molar-refractivity contribution is 7.15. The van der Waals surface area contributed by atoms with Crippen LogP contribution in [0.15, 0.2) is 18.2 Å². The van der Waals surface area contributed by atoms with E-state index < -0.39 is 0 Å². The Labute approximate surface area is 97.7 Å². The van der Waals surface area contributed by atoms with Crippen molar-refractivity contribution in [1.82, 2.24) is 4.98 Å². The molecule has 4 heteroatoms. The lowest BCUT2D eigenvalue weighted by Gasteiger charge is -2.00. The lowest BCUT2D eigenvalue weighted by atomic mass is 10.1. The molecule has 0 spiro atoms. The van der Waals surface area contributed by atoms with Gasteiger partial charge in [-0.3, -0.25) is 0 Å². The fraction of sp³-hybridized carbons (Fsp3) is 0.250. The van der Waals surface area contributed by atoms with Crippen molar-refractivity contribution in [2.24, 2.45) is 0 Å². The number of aryl methyl sites for hydroxylation is 2. The van der Waals surface area contributed by atoms with Gasteiger partial charge >= 0.3 is 0 Å². The van der Waals surface area contributed by atoms with Gasteiger partial charge in [-0.25, -0.2) is 4.98 Å². The SMILES string of the molecule is Cc1nc(C)c(-c2ccc3c(c2)OCO3)s1. The zero-order chi connectivity index (χ0) is 11.1. The van der Waals surface area contributed by atoms with Gasteiger partial charge in [0, 0.05) is 0 Å². The molecule has 3 rings (SSSR count). The topological polar surface area (TPSA) is 31.4 Å². The molecule has 2 heterocycles. The average Bonchev–Trinajstić information content (AvgIpc) is 2.83. The third-order valence-corrected chi connectivity index (χ3v) is 3.66. The molecule has 16 heavy (non-hydrogen) atoms. The average molecular weight is 233 g/mol. The fourth-order valence-corrected chi connectivity index (χ4v) is 2.75. The van der Waals surface area contributed by atoms with Crippen LogP contribution in [0.5, 0.6) is 11.5 Å². The number of benzene rings is 1. The molecule has 0 saturated heterocycles. The van der Waals surface area contributed by atoms with Gasteiger partial charge in [0.15, 0.2) is 11.5 Å². The number of fused-ring (bicyclic) bond motifs is 1. The van der Waals surface area contributed by atoms with Gasteiger partial charge in [0.1, 0.15) is 0 Å². The summed E-state index contributed by atoms with van der Waals surface area (Å²) in [5.41, 5.74) is 2.22. The number of hydrogen-bond acceptors (Lipinski definition) is 4. The first-order chi connectivity index (χ1) is 7.74. The Morgan fingerprint density at radius 1 is 1.19 bits per heavy atom. The maximum absolute atomic E-state index is 5.37. The van der Waals surface area contributed by atoms with E-state index in [0.717, 1.165) is 27.8 Å². The first-order valence-electron chi connectivity index (χ1n) is 5.08. The second-order valence-corrected chi connectivity index (χ2v) is 4.92. The molecular weight excluding hydrogens is 222 g/mol. The Balaban J connectivity index is 2.10. The van der Waals surface area contributed by atoms with Crippen molar-refractivity contribution in [3.8, 4) is 21.9 Å². The van der Waals surface area contributed by atoms with Crippen LogP contribution in [0, 0.1) is 13.8 Å². The molecule has 0 radical (unpaired) electrons. The molecule has 1 aliphatic rings. The van der Waals surface area contributed by atoms with Gasteiger partial charge in [0.05, 0.1) is 15.6 Å². The first kappa shape index (κ1) is 9.66. The summed E-state index contributed by atoms with van der Waals surface area (Å²) in [5.74, 6) is 1.64. The van der Waals surface area contributed by atoms with Crippen molar-refractivity contribution in [3.05, 3.63) is 28.9 Å². The maximum atomic E-state index is 5.37. The van der Waals surface area contributed by atoms with Crippen LogP contribution in [0.4, 0.5) is 0 Å². The Bertz CT molecular complexity index is 548. The van der Waals surface area contributed by atoms with Crippen LogP contribution in [-0.2, 0) is 0 Å². The zero-order valence-corrected chi connectivity index (χ0v) is 9.93. The summed E-state index contributed by atoms with van der Waals surface area (Å²) in [6.07, 6.45) is 0. The van der Waals surface area contributed by atoms with Crippen molar-refractivity contribution in [2.75, 3.05) is 6.79 Å². The van der Waals surface area contributed by atoms with E-state index >= 15 is 0 Å². The standard InChI is InChI=1S/C12H11NO2S/c1-7-12(16-8(2)13-7)9-3-4-10-11(5-9)15-6-14-10/h3-5H,6H2,1-2H3. The van der Waals surface area contributed by atoms with E-state index in [1.54, 1.807) is 11.3 Å². The molecule has 0 atom stereocenters. The largest absolute Gasteiger partial charge is 0.454 e. The van der Waals surface area contributed by atoms with Gasteiger partial charge in [0.2, 0.25) is 6.79 Å². The van der Waals surface area contributed by atoms with E-state index in [1.807, 2.05) is 32.0 Å². The highest BCUT2D eigenvalue weighted by Gasteiger charge is 2.15. The molecule has 2 aromatic rings. The molecule has 1 aromatic heterocycles. The van der Waals surface area contributed by atoms with Crippen LogP contribution in [0.3, 0.4) is 0 Å². The quantitative estimate of drug-likeness (QED) is 0.758. The molecule has 0 bridgehead atoms. The number of aromatic nitrogens is 1. The summed E-state index contributed by atoms with van der Waals surface area (Å²) in [6.45, 7) is 4.37. The van der Waals surface area contributed by atoms with Gasteiger partial charge in [0.25, 0.3) is 0 Å². The summed E-state index contributed by atoms with van der Waals surface area (Å²) < 4.78 is 10.7. The van der Waals surface area contributed by atoms with Gasteiger partial charge < -0.3 is 9.47 Å². The molecule has 0 fully saturated rings. The van der Waals surface area contributed by atoms with Gasteiger partial charge in [-0.15, -0.1) is 11.3 Å². The molecule has 82 valence electrons. The Hall–Kier alpha value is -1.55. The van der Waals surface area contributed by atoms with E-state index in [-0.39, 0.29) is 0 Å². The normalized spacial score (nSPS) is 13.1. The summed E-state index contributed by atoms with van der Waals surface area (Å²) in [5, 5.41) is 1.09. The highest BCUT2D eigenvalue weighted by Crippen LogP contribution is 2.38. The van der Waals surface area contributed by atoms with Crippen molar-refractivity contribution < 1.29 is 9.47 Å². The molecular formula is C12H11NO2S. The lowest BCUT2D eigenvalue weighted by molar-refractivity contribution is 0.174. The number of rotatable bonds is 1. The minimum Gasteiger partial charge on any atom is -0.454 e. The number of hydrogen-bond donors (Lipinski definition) is 0. The van der Waals surface area contributed by atoms with E-state index in [9.17, 15) is 0 Å². The van der Waals surface area contributed by atoms with Gasteiger partial charge in [-0.05, 0) is 37.6 Å². The minimum absolute atomic E-state index is 0.319. The van der Waals surface area contributed by atoms with Crippen LogP contribution in [-0.4, -0.2) is 11.8 Å². The first-order valence-corrected chi connectivity index (χ1v) is 5.90. The predicted molar refractivity (Wildman–Crippen MR) is 63.1 cm³/mol. The smallest absolute Gasteiger partial charge is 0.231 e. The van der Waals surface area contributed by atoms with E-state index in [0.29, 0.717) is 6.79 Å². The van der Waals surface area contributed by atoms with Gasteiger partial charge in [-0.1, -0.05) is 0 Å². The van der Waals surface area contributed by atoms with Crippen molar-refractivity contribution in [2.45, 2.75) is 13.8 Å². The Morgan fingerprint density at radius 3 is 2.75 bits per heavy atom. The third-order valence-electron chi connectivity index (χ3n) is 2.54. The van der Waals surface area contributed by atoms with E-state index in [4.69, 9.17) is 9.47 Å². The molecule has 1 aliphatic heterocycles. The maximum Gasteiger partial charge on any atom is 0.231 e. The number of ether oxygens (including phenoxy) is 2. The second kappa shape index (κ2) is 3.49. The third kappa shape index (κ3) is 1.46. The molecule has 0 amide bonds. The Morgan fingerprint density at radius 2 is 2.00 bits per heavy atom. The molecule has 0 unspecified atom stereocenters. The van der Waals surface area contributed by atoms with Crippen LogP contribution >= 0.6 is 11.3 Å². The molecule has 0 saturated carbocycles. The zero-order valence-electron chi connectivity index (χ0n) is 9.11. The monoisotopic (exact) mass is 233 g/mol. The van der Waals surface area contributed by atoms with Crippen LogP contribution in [0.1, 0.15) is 10.7 Å². The lowest BCUT2D eigenvalue weighted by Crippen LogP contribution is -1.92. The molecule has 0 N–H and O–H groups in total. The number of thiazole rings is 1. The number of nitrogens with zero attached hydrogens (tertiary/aromatic N) is 1. The molecule has 0 aliphatic carbocycles. The van der Waals surface area contributed by atoms with Crippen LogP contribution in [0.25, 0.3) is 10.4 Å². The van der Waals surface area contributed by atoms with Gasteiger partial charge in [-0.2, -0.15) is 0 Å². The van der Waals surface area contributed by atoms with E-state index in [1.165, 1.54) is 4.88 Å². The fourth-order valence-electron chi connectivity index (χ4n) is 1.84. The summed E-state index contributed by atoms with van der Waals surface area (Å²) in [4.78, 5) is 5.63. The predicted octanol–water partition coefficient (Wildman–Crippen LogP) is 3.16. The Kier molecular flexibility index (Phi) is 2.11. The minimum atomic E-state index is 0.319. The van der Waals surface area contributed by atoms with Crippen LogP contribution in [0.2, 0.25) is 0 Å². The summed E-state index contributed by atoms with van der Waals surface area (Å²) in [7, 11) is 0. The summed E-state index contributed by atoms with van der Waals surface area (Å²) in [6, 6.07) is 6.02. The van der Waals surface area contributed by atoms with Crippen molar-refractivity contribution >= 4 is 11.3 Å². The van der Waals surface area contributed by atoms with E-state index in [2.05, 4.69) is 4.98 Å². The summed E-state index contributed by atoms with van der Waals surface area (Å²) >= 11 is 1.71. The second-order valence-electron chi connectivity index (χ2n) is 3.72. The highest BCUT2D eigenvalue weighted by atomic mass is 32.1. The van der Waals surface area contributed by atoms with Crippen molar-refractivity contribution in [3.63, 3.8) is 0 Å². The van der Waals surface area contributed by atoms with Crippen LogP contribution < -0.4 is 9.47 Å². The van der Waals surface area contributed by atoms with Crippen molar-refractivity contribution in [1.29, 1.82) is 0 Å².